The maximum absolute atomic E-state index is 2.32. The lowest BCUT2D eigenvalue weighted by Crippen LogP contribution is -1.96. The number of aryl methyl sites for hydroxylation is 1. The minimum atomic E-state index is 0.588. The third kappa shape index (κ3) is 3.65. The summed E-state index contributed by atoms with van der Waals surface area (Å²) >= 11 is 0. The van der Waals surface area contributed by atoms with Gasteiger partial charge in [-0.3, -0.25) is 0 Å². The predicted octanol–water partition coefficient (Wildman–Crippen LogP) is 6.09. The van der Waals surface area contributed by atoms with Gasteiger partial charge in [-0.2, -0.15) is 0 Å². The molecule has 3 aromatic rings. The number of hydrogen-bond acceptors (Lipinski definition) is 0. The van der Waals surface area contributed by atoms with Crippen molar-refractivity contribution < 1.29 is 0 Å². The van der Waals surface area contributed by atoms with Crippen LogP contribution in [0.1, 0.15) is 30.4 Å². The topological polar surface area (TPSA) is 0 Å². The Hall–Kier alpha value is -2.34. The number of benzene rings is 3. The Bertz CT molecular complexity index is 681. The fraction of sp³-hybridized carbons (Fsp3) is 0.182. The van der Waals surface area contributed by atoms with Crippen molar-refractivity contribution in [3.8, 4) is 11.1 Å². The zero-order chi connectivity index (χ0) is 15.2. The number of rotatable bonds is 5. The van der Waals surface area contributed by atoms with Gasteiger partial charge in [-0.15, -0.1) is 0 Å². The van der Waals surface area contributed by atoms with Gasteiger partial charge < -0.3 is 0 Å². The Balaban J connectivity index is 1.65. The molecule has 0 spiro atoms. The smallest absolute Gasteiger partial charge is 0.0184 e. The van der Waals surface area contributed by atoms with Crippen molar-refractivity contribution in [2.24, 2.45) is 0 Å². The van der Waals surface area contributed by atoms with E-state index in [0.717, 1.165) is 6.42 Å². The first-order valence-electron chi connectivity index (χ1n) is 8.02. The van der Waals surface area contributed by atoms with Crippen LogP contribution in [0.25, 0.3) is 11.1 Å². The highest BCUT2D eigenvalue weighted by molar-refractivity contribution is 5.63. The lowest BCUT2D eigenvalue weighted by Gasteiger charge is -2.13. The maximum atomic E-state index is 2.32. The first-order valence-corrected chi connectivity index (χ1v) is 8.02. The molecule has 0 saturated carbocycles. The highest BCUT2D eigenvalue weighted by Gasteiger charge is 2.06. The van der Waals surface area contributed by atoms with Gasteiger partial charge in [0.2, 0.25) is 0 Å². The molecule has 0 heterocycles. The van der Waals surface area contributed by atoms with Crippen LogP contribution >= 0.6 is 0 Å². The molecule has 0 saturated heterocycles. The van der Waals surface area contributed by atoms with E-state index in [9.17, 15) is 0 Å². The van der Waals surface area contributed by atoms with E-state index < -0.39 is 0 Å². The molecule has 0 aliphatic carbocycles. The van der Waals surface area contributed by atoms with E-state index in [4.69, 9.17) is 0 Å². The Morgan fingerprint density at radius 3 is 1.82 bits per heavy atom. The van der Waals surface area contributed by atoms with Crippen molar-refractivity contribution in [1.82, 2.24) is 0 Å². The van der Waals surface area contributed by atoms with E-state index in [0.29, 0.717) is 5.92 Å². The lowest BCUT2D eigenvalue weighted by molar-refractivity contribution is 0.680. The second kappa shape index (κ2) is 7.09. The van der Waals surface area contributed by atoms with Crippen LogP contribution in [0.15, 0.2) is 84.9 Å². The third-order valence-electron chi connectivity index (χ3n) is 4.30. The van der Waals surface area contributed by atoms with E-state index >= 15 is 0 Å². The Morgan fingerprint density at radius 1 is 0.636 bits per heavy atom. The van der Waals surface area contributed by atoms with Crippen LogP contribution in [-0.4, -0.2) is 0 Å². The summed E-state index contributed by atoms with van der Waals surface area (Å²) in [6, 6.07) is 30.3. The van der Waals surface area contributed by atoms with Crippen LogP contribution in [0.5, 0.6) is 0 Å². The monoisotopic (exact) mass is 286 g/mol. The maximum Gasteiger partial charge on any atom is -0.0184 e. The Kier molecular flexibility index (Phi) is 4.70. The molecule has 0 heteroatoms. The minimum Gasteiger partial charge on any atom is -0.0622 e. The fourth-order valence-electron chi connectivity index (χ4n) is 2.83. The van der Waals surface area contributed by atoms with E-state index in [1.807, 2.05) is 0 Å². The highest BCUT2D eigenvalue weighted by Crippen LogP contribution is 2.25. The highest BCUT2D eigenvalue weighted by atomic mass is 14.1. The molecule has 3 rings (SSSR count). The van der Waals surface area contributed by atoms with E-state index in [-0.39, 0.29) is 0 Å². The molecule has 0 bridgehead atoms. The predicted molar refractivity (Wildman–Crippen MR) is 95.1 cm³/mol. The minimum absolute atomic E-state index is 0.588. The summed E-state index contributed by atoms with van der Waals surface area (Å²) in [5.41, 5.74) is 5.43. The van der Waals surface area contributed by atoms with Gasteiger partial charge in [-0.25, -0.2) is 0 Å². The van der Waals surface area contributed by atoms with Crippen LogP contribution in [0.2, 0.25) is 0 Å². The molecule has 0 fully saturated rings. The van der Waals surface area contributed by atoms with Gasteiger partial charge in [0.15, 0.2) is 0 Å². The molecular formula is C22H22. The van der Waals surface area contributed by atoms with Crippen LogP contribution in [-0.2, 0) is 6.42 Å². The molecule has 0 aliphatic rings. The molecule has 0 N–H and O–H groups in total. The normalized spacial score (nSPS) is 12.0. The standard InChI is InChI=1S/C22H22/c1-18(12-13-19-8-4-2-5-9-19)20-14-16-22(17-15-20)21-10-6-3-7-11-21/h2-11,14-18H,12-13H2,1H3. The summed E-state index contributed by atoms with van der Waals surface area (Å²) in [7, 11) is 0. The molecule has 110 valence electrons. The second-order valence-corrected chi connectivity index (χ2v) is 5.91. The average molecular weight is 286 g/mol. The number of hydrogen-bond donors (Lipinski definition) is 0. The first kappa shape index (κ1) is 14.6. The first-order chi connectivity index (χ1) is 10.8. The molecule has 0 nitrogen and oxygen atoms in total. The van der Waals surface area contributed by atoms with E-state index in [2.05, 4.69) is 91.9 Å². The van der Waals surface area contributed by atoms with E-state index in [1.54, 1.807) is 0 Å². The van der Waals surface area contributed by atoms with Crippen LogP contribution < -0.4 is 0 Å². The lowest BCUT2D eigenvalue weighted by atomic mass is 9.92. The average Bonchev–Trinajstić information content (AvgIpc) is 2.61. The third-order valence-corrected chi connectivity index (χ3v) is 4.30. The summed E-state index contributed by atoms with van der Waals surface area (Å²) in [5.74, 6) is 0.588. The molecule has 22 heavy (non-hydrogen) atoms. The Labute approximate surface area is 133 Å². The van der Waals surface area contributed by atoms with Gasteiger partial charge in [0.05, 0.1) is 0 Å². The molecule has 1 unspecified atom stereocenters. The summed E-state index contributed by atoms with van der Waals surface area (Å²) in [6.45, 7) is 2.32. The Morgan fingerprint density at radius 2 is 1.18 bits per heavy atom. The van der Waals surface area contributed by atoms with Gasteiger partial charge in [-0.1, -0.05) is 91.9 Å². The summed E-state index contributed by atoms with van der Waals surface area (Å²) in [5, 5.41) is 0. The van der Waals surface area contributed by atoms with Crippen molar-refractivity contribution in [2.75, 3.05) is 0 Å². The van der Waals surface area contributed by atoms with Gasteiger partial charge >= 0.3 is 0 Å². The quantitative estimate of drug-likeness (QED) is 0.532. The molecule has 0 aromatic heterocycles. The SMILES string of the molecule is CC(CCc1ccccc1)c1ccc(-c2ccccc2)cc1. The fourth-order valence-corrected chi connectivity index (χ4v) is 2.83. The molecule has 1 atom stereocenters. The van der Waals surface area contributed by atoms with Crippen molar-refractivity contribution in [3.05, 3.63) is 96.1 Å². The molecule has 0 aliphatic heterocycles. The van der Waals surface area contributed by atoms with Gasteiger partial charge in [0.25, 0.3) is 0 Å². The zero-order valence-corrected chi connectivity index (χ0v) is 13.1. The summed E-state index contributed by atoms with van der Waals surface area (Å²) < 4.78 is 0. The van der Waals surface area contributed by atoms with Crippen molar-refractivity contribution >= 4 is 0 Å². The molecular weight excluding hydrogens is 264 g/mol. The van der Waals surface area contributed by atoms with Crippen LogP contribution in [0.3, 0.4) is 0 Å². The second-order valence-electron chi connectivity index (χ2n) is 5.91. The van der Waals surface area contributed by atoms with Crippen LogP contribution in [0.4, 0.5) is 0 Å². The van der Waals surface area contributed by atoms with Crippen molar-refractivity contribution in [1.29, 1.82) is 0 Å². The van der Waals surface area contributed by atoms with Gasteiger partial charge in [0, 0.05) is 0 Å². The van der Waals surface area contributed by atoms with Crippen molar-refractivity contribution in [2.45, 2.75) is 25.7 Å². The molecule has 0 radical (unpaired) electrons. The molecule has 0 amide bonds. The van der Waals surface area contributed by atoms with E-state index in [1.165, 1.54) is 28.7 Å². The molecule has 3 aromatic carbocycles. The summed E-state index contributed by atoms with van der Waals surface area (Å²) in [6.07, 6.45) is 2.33. The largest absolute Gasteiger partial charge is 0.0622 e. The van der Waals surface area contributed by atoms with Gasteiger partial charge in [0.1, 0.15) is 0 Å². The van der Waals surface area contributed by atoms with Gasteiger partial charge in [-0.05, 0) is 41.0 Å². The zero-order valence-electron chi connectivity index (χ0n) is 13.1. The van der Waals surface area contributed by atoms with Crippen LogP contribution in [0, 0.1) is 0 Å². The van der Waals surface area contributed by atoms with Crippen molar-refractivity contribution in [3.63, 3.8) is 0 Å². The summed E-state index contributed by atoms with van der Waals surface area (Å²) in [4.78, 5) is 0.